The van der Waals surface area contributed by atoms with Gasteiger partial charge in [0.25, 0.3) is 5.69 Å². The molecule has 0 bridgehead atoms. The number of phenols is 1. The van der Waals surface area contributed by atoms with E-state index in [0.29, 0.717) is 13.2 Å². The highest BCUT2D eigenvalue weighted by Crippen LogP contribution is 2.39. The Morgan fingerprint density at radius 3 is 2.65 bits per heavy atom. The van der Waals surface area contributed by atoms with Crippen LogP contribution in [-0.2, 0) is 9.47 Å². The van der Waals surface area contributed by atoms with E-state index in [0.717, 1.165) is 6.07 Å². The molecule has 0 aromatic heterocycles. The van der Waals surface area contributed by atoms with Gasteiger partial charge in [0.05, 0.1) is 36.9 Å². The van der Waals surface area contributed by atoms with Crippen molar-refractivity contribution in [3.8, 4) is 11.5 Å². The summed E-state index contributed by atoms with van der Waals surface area (Å²) in [4.78, 5) is 10.3. The summed E-state index contributed by atoms with van der Waals surface area (Å²) in [5.41, 5.74) is -0.0163. The Labute approximate surface area is 96.7 Å². The van der Waals surface area contributed by atoms with Crippen LogP contribution in [0.4, 0.5) is 5.69 Å². The summed E-state index contributed by atoms with van der Waals surface area (Å²) in [5, 5.41) is 20.5. The van der Waals surface area contributed by atoms with E-state index >= 15 is 0 Å². The van der Waals surface area contributed by atoms with Crippen LogP contribution in [0.25, 0.3) is 0 Å². The lowest BCUT2D eigenvalue weighted by atomic mass is 10.1. The predicted molar refractivity (Wildman–Crippen MR) is 56.0 cm³/mol. The average molecular weight is 241 g/mol. The van der Waals surface area contributed by atoms with Gasteiger partial charge in [-0.25, -0.2) is 0 Å². The number of aromatic hydroxyl groups is 1. The number of ether oxygens (including phenoxy) is 3. The van der Waals surface area contributed by atoms with Gasteiger partial charge in [0.1, 0.15) is 0 Å². The first-order chi connectivity index (χ1) is 8.13. The Hall–Kier alpha value is -1.86. The van der Waals surface area contributed by atoms with Crippen LogP contribution < -0.4 is 4.74 Å². The molecule has 2 rings (SSSR count). The van der Waals surface area contributed by atoms with Crippen LogP contribution in [0.1, 0.15) is 11.9 Å². The fourth-order valence-corrected chi connectivity index (χ4v) is 1.62. The lowest BCUT2D eigenvalue weighted by molar-refractivity contribution is -0.386. The summed E-state index contributed by atoms with van der Waals surface area (Å²) in [6, 6.07) is 2.38. The Bertz CT molecular complexity index is 441. The fraction of sp³-hybridized carbons (Fsp3) is 0.400. The molecule has 1 fully saturated rings. The van der Waals surface area contributed by atoms with E-state index in [4.69, 9.17) is 14.2 Å². The Kier molecular flexibility index (Phi) is 3.12. The molecule has 0 atom stereocenters. The van der Waals surface area contributed by atoms with E-state index in [2.05, 4.69) is 0 Å². The molecular formula is C10H11NO6. The topological polar surface area (TPSA) is 91.1 Å². The molecule has 0 spiro atoms. The van der Waals surface area contributed by atoms with Crippen LogP contribution in [-0.4, -0.2) is 30.4 Å². The van der Waals surface area contributed by atoms with Crippen molar-refractivity contribution in [3.63, 3.8) is 0 Å². The van der Waals surface area contributed by atoms with Gasteiger partial charge in [-0.05, 0) is 6.07 Å². The highest BCUT2D eigenvalue weighted by molar-refractivity contribution is 5.54. The number of benzene rings is 1. The number of rotatable bonds is 3. The van der Waals surface area contributed by atoms with Crippen LogP contribution in [0.15, 0.2) is 12.1 Å². The van der Waals surface area contributed by atoms with E-state index in [9.17, 15) is 15.2 Å². The summed E-state index contributed by atoms with van der Waals surface area (Å²) in [6.07, 6.45) is -0.813. The lowest BCUT2D eigenvalue weighted by Gasteiger charge is -2.11. The highest BCUT2D eigenvalue weighted by Gasteiger charge is 2.29. The van der Waals surface area contributed by atoms with Crippen molar-refractivity contribution in [3.05, 3.63) is 27.8 Å². The number of methoxy groups -OCH3 is 1. The molecule has 0 saturated carbocycles. The molecule has 1 aliphatic heterocycles. The largest absolute Gasteiger partial charge is 0.504 e. The monoisotopic (exact) mass is 241 g/mol. The number of nitrogens with zero attached hydrogens (tertiary/aromatic N) is 1. The zero-order chi connectivity index (χ0) is 12.4. The SMILES string of the molecule is COc1cc([N+](=O)[O-])c(C2OCCO2)cc1O. The maximum absolute atomic E-state index is 10.9. The normalized spacial score (nSPS) is 16.1. The minimum absolute atomic E-state index is 0.0402. The van der Waals surface area contributed by atoms with Crippen LogP contribution >= 0.6 is 0 Å². The molecular weight excluding hydrogens is 230 g/mol. The second kappa shape index (κ2) is 4.56. The second-order valence-electron chi connectivity index (χ2n) is 3.41. The molecule has 17 heavy (non-hydrogen) atoms. The minimum atomic E-state index is -0.813. The summed E-state index contributed by atoms with van der Waals surface area (Å²) in [7, 11) is 1.32. The number of hydrogen-bond acceptors (Lipinski definition) is 6. The van der Waals surface area contributed by atoms with Gasteiger partial charge in [-0.1, -0.05) is 0 Å². The van der Waals surface area contributed by atoms with Crippen molar-refractivity contribution in [1.29, 1.82) is 0 Å². The fourth-order valence-electron chi connectivity index (χ4n) is 1.62. The van der Waals surface area contributed by atoms with E-state index in [1.54, 1.807) is 0 Å². The summed E-state index contributed by atoms with van der Waals surface area (Å²) in [6.45, 7) is 0.739. The zero-order valence-corrected chi connectivity index (χ0v) is 9.08. The van der Waals surface area contributed by atoms with Gasteiger partial charge < -0.3 is 19.3 Å². The van der Waals surface area contributed by atoms with E-state index in [1.165, 1.54) is 13.2 Å². The molecule has 1 aromatic rings. The third kappa shape index (κ3) is 2.15. The molecule has 92 valence electrons. The van der Waals surface area contributed by atoms with Crippen LogP contribution in [0, 0.1) is 10.1 Å². The first kappa shape index (κ1) is 11.6. The van der Waals surface area contributed by atoms with Crippen LogP contribution in [0.3, 0.4) is 0 Å². The highest BCUT2D eigenvalue weighted by atomic mass is 16.7. The summed E-state index contributed by atoms with van der Waals surface area (Å²) < 4.78 is 15.2. The number of phenolic OH excluding ortho intramolecular Hbond substituents is 1. The molecule has 0 aliphatic carbocycles. The molecule has 1 aromatic carbocycles. The second-order valence-corrected chi connectivity index (χ2v) is 3.41. The van der Waals surface area contributed by atoms with Gasteiger partial charge in [-0.3, -0.25) is 10.1 Å². The summed E-state index contributed by atoms with van der Waals surface area (Å²) >= 11 is 0. The average Bonchev–Trinajstić information content (AvgIpc) is 2.81. The van der Waals surface area contributed by atoms with Gasteiger partial charge in [-0.15, -0.1) is 0 Å². The Morgan fingerprint density at radius 1 is 1.47 bits per heavy atom. The number of nitro groups is 1. The van der Waals surface area contributed by atoms with Gasteiger partial charge >= 0.3 is 0 Å². The lowest BCUT2D eigenvalue weighted by Crippen LogP contribution is -2.03. The molecule has 1 N–H and O–H groups in total. The first-order valence-corrected chi connectivity index (χ1v) is 4.92. The standard InChI is InChI=1S/C10H11NO6/c1-15-9-5-7(11(13)14)6(4-8(9)12)10-16-2-3-17-10/h4-5,10,12H,2-3H2,1H3. The summed E-state index contributed by atoms with van der Waals surface area (Å²) in [5.74, 6) is -0.148. The van der Waals surface area contributed by atoms with E-state index in [-0.39, 0.29) is 22.7 Å². The third-order valence-electron chi connectivity index (χ3n) is 2.40. The number of hydrogen-bond donors (Lipinski definition) is 1. The first-order valence-electron chi connectivity index (χ1n) is 4.92. The molecule has 0 amide bonds. The maximum atomic E-state index is 10.9. The van der Waals surface area contributed by atoms with Crippen molar-refractivity contribution < 1.29 is 24.2 Å². The smallest absolute Gasteiger partial charge is 0.281 e. The quantitative estimate of drug-likeness (QED) is 0.634. The van der Waals surface area contributed by atoms with E-state index in [1.807, 2.05) is 0 Å². The number of nitro benzene ring substituents is 1. The van der Waals surface area contributed by atoms with Gasteiger partial charge in [0.15, 0.2) is 17.8 Å². The molecule has 0 radical (unpaired) electrons. The van der Waals surface area contributed by atoms with E-state index < -0.39 is 11.2 Å². The predicted octanol–water partition coefficient (Wildman–Crippen LogP) is 1.35. The molecule has 0 unspecified atom stereocenters. The third-order valence-corrected chi connectivity index (χ3v) is 2.40. The maximum Gasteiger partial charge on any atom is 0.281 e. The zero-order valence-electron chi connectivity index (χ0n) is 9.08. The van der Waals surface area contributed by atoms with Crippen molar-refractivity contribution in [1.82, 2.24) is 0 Å². The molecule has 7 heteroatoms. The molecule has 1 saturated heterocycles. The van der Waals surface area contributed by atoms with Crippen LogP contribution in [0.2, 0.25) is 0 Å². The molecule has 7 nitrogen and oxygen atoms in total. The Morgan fingerprint density at radius 2 is 2.12 bits per heavy atom. The molecule has 1 heterocycles. The van der Waals surface area contributed by atoms with Crippen molar-refractivity contribution in [2.24, 2.45) is 0 Å². The van der Waals surface area contributed by atoms with Crippen molar-refractivity contribution in [2.45, 2.75) is 6.29 Å². The van der Waals surface area contributed by atoms with Crippen molar-refractivity contribution in [2.75, 3.05) is 20.3 Å². The van der Waals surface area contributed by atoms with Crippen LogP contribution in [0.5, 0.6) is 11.5 Å². The minimum Gasteiger partial charge on any atom is -0.504 e. The van der Waals surface area contributed by atoms with Gasteiger partial charge in [-0.2, -0.15) is 0 Å². The van der Waals surface area contributed by atoms with Gasteiger partial charge in [0.2, 0.25) is 0 Å². The van der Waals surface area contributed by atoms with Crippen molar-refractivity contribution >= 4 is 5.69 Å². The van der Waals surface area contributed by atoms with Gasteiger partial charge in [0, 0.05) is 0 Å². The molecule has 1 aliphatic rings. The Balaban J connectivity index is 2.48.